The zero-order chi connectivity index (χ0) is 32.2. The summed E-state index contributed by atoms with van der Waals surface area (Å²) in [5.41, 5.74) is 0. The summed E-state index contributed by atoms with van der Waals surface area (Å²) in [6.07, 6.45) is 41.7. The minimum Gasteiger partial charge on any atom is -0.320 e. The Kier molecular flexibility index (Phi) is 35.8. The van der Waals surface area contributed by atoms with Crippen molar-refractivity contribution in [3.05, 3.63) is 0 Å². The fraction of sp³-hybridized carbons (Fsp3) is 0.950. The average molecular weight is 621 g/mol. The molecule has 0 bridgehead atoms. The molecule has 0 aliphatic heterocycles. The van der Waals surface area contributed by atoms with E-state index in [2.05, 4.69) is 19.2 Å². The van der Waals surface area contributed by atoms with Gasteiger partial charge in [-0.05, 0) is 32.9 Å². The van der Waals surface area contributed by atoms with Crippen LogP contribution in [0.5, 0.6) is 0 Å². The highest BCUT2D eigenvalue weighted by atomic mass is 16.2. The first-order valence-corrected chi connectivity index (χ1v) is 20.1. The molecule has 2 amide bonds. The molecule has 0 radical (unpaired) electrons. The molecule has 0 aliphatic carbocycles. The molecule has 0 aromatic carbocycles. The van der Waals surface area contributed by atoms with Gasteiger partial charge in [0.2, 0.25) is 11.8 Å². The normalized spacial score (nSPS) is 11.3. The predicted molar refractivity (Wildman–Crippen MR) is 194 cm³/mol. The molecule has 44 heavy (non-hydrogen) atoms. The van der Waals surface area contributed by atoms with Crippen molar-refractivity contribution in [2.45, 2.75) is 226 Å². The Morgan fingerprint density at radius 2 is 0.636 bits per heavy atom. The molecule has 0 aliphatic rings. The van der Waals surface area contributed by atoms with Gasteiger partial charge in [0, 0.05) is 19.4 Å². The van der Waals surface area contributed by atoms with E-state index in [0.717, 1.165) is 38.6 Å². The van der Waals surface area contributed by atoms with Crippen LogP contribution in [0.2, 0.25) is 0 Å². The van der Waals surface area contributed by atoms with E-state index >= 15 is 0 Å². The monoisotopic (exact) mass is 621 g/mol. The largest absolute Gasteiger partial charge is 0.320 e. The summed E-state index contributed by atoms with van der Waals surface area (Å²) in [6, 6.07) is 0. The molecular formula is C40H80N2O2. The third-order valence-corrected chi connectivity index (χ3v) is 9.40. The molecule has 0 aromatic rings. The first-order chi connectivity index (χ1) is 21.7. The van der Waals surface area contributed by atoms with Gasteiger partial charge in [0.25, 0.3) is 0 Å². The van der Waals surface area contributed by atoms with E-state index in [9.17, 15) is 9.59 Å². The van der Waals surface area contributed by atoms with Crippen LogP contribution in [0.25, 0.3) is 0 Å². The second kappa shape index (κ2) is 36.6. The van der Waals surface area contributed by atoms with Gasteiger partial charge in [-0.1, -0.05) is 194 Å². The van der Waals surface area contributed by atoms with Gasteiger partial charge in [-0.2, -0.15) is 0 Å². The van der Waals surface area contributed by atoms with E-state index in [-0.39, 0.29) is 11.8 Å². The predicted octanol–water partition coefficient (Wildman–Crippen LogP) is 12.5. The number of rotatable bonds is 36. The molecule has 4 nitrogen and oxygen atoms in total. The highest BCUT2D eigenvalue weighted by Gasteiger charge is 2.20. The lowest BCUT2D eigenvalue weighted by Gasteiger charge is -2.21. The molecule has 4 heteroatoms. The number of imide groups is 1. The van der Waals surface area contributed by atoms with E-state index in [4.69, 9.17) is 0 Å². The molecule has 0 saturated carbocycles. The number of unbranched alkanes of at least 4 members (excludes halogenated alkanes) is 28. The van der Waals surface area contributed by atoms with Crippen LogP contribution in [0.4, 0.5) is 0 Å². The maximum atomic E-state index is 13.0. The van der Waals surface area contributed by atoms with Gasteiger partial charge < -0.3 is 5.32 Å². The Labute approximate surface area is 277 Å². The minimum atomic E-state index is 0.0572. The van der Waals surface area contributed by atoms with Crippen LogP contribution >= 0.6 is 0 Å². The zero-order valence-electron chi connectivity index (χ0n) is 30.5. The first kappa shape index (κ1) is 43.1. The smallest absolute Gasteiger partial charge is 0.229 e. The maximum absolute atomic E-state index is 13.0. The quantitative estimate of drug-likeness (QED) is 0.0709. The number of hydrogen-bond donors (Lipinski definition) is 1. The lowest BCUT2D eigenvalue weighted by molar-refractivity contribution is -0.145. The Hall–Kier alpha value is -0.900. The Balaban J connectivity index is 3.82. The fourth-order valence-corrected chi connectivity index (χ4v) is 6.37. The second-order valence-corrected chi connectivity index (χ2v) is 13.8. The van der Waals surface area contributed by atoms with Crippen molar-refractivity contribution in [1.29, 1.82) is 0 Å². The zero-order valence-corrected chi connectivity index (χ0v) is 30.5. The molecule has 0 heterocycles. The lowest BCUT2D eigenvalue weighted by atomic mass is 10.0. The van der Waals surface area contributed by atoms with Crippen LogP contribution in [-0.2, 0) is 9.59 Å². The van der Waals surface area contributed by atoms with E-state index in [0.29, 0.717) is 19.4 Å². The Morgan fingerprint density at radius 1 is 0.386 bits per heavy atom. The van der Waals surface area contributed by atoms with Crippen molar-refractivity contribution in [3.63, 3.8) is 0 Å². The molecule has 262 valence electrons. The second-order valence-electron chi connectivity index (χ2n) is 13.8. The topological polar surface area (TPSA) is 49.4 Å². The Morgan fingerprint density at radius 3 is 0.886 bits per heavy atom. The summed E-state index contributed by atoms with van der Waals surface area (Å²) in [4.78, 5) is 27.5. The highest BCUT2D eigenvalue weighted by molar-refractivity contribution is 5.95. The van der Waals surface area contributed by atoms with Gasteiger partial charge in [0.15, 0.2) is 0 Å². The summed E-state index contributed by atoms with van der Waals surface area (Å²) in [6.45, 7) is 5.98. The number of amides is 2. The molecule has 0 unspecified atom stereocenters. The third kappa shape index (κ3) is 31.1. The molecule has 0 spiro atoms. The van der Waals surface area contributed by atoms with Crippen molar-refractivity contribution in [3.8, 4) is 0 Å². The molecule has 0 atom stereocenters. The molecule has 0 aromatic heterocycles. The standard InChI is InChI=1S/C40H80N2O2/c1-4-6-8-10-12-14-16-18-20-22-24-26-28-30-32-35-39(43)42(38-34-37-41-3)40(44)36-33-31-29-27-25-23-21-19-17-15-13-11-9-7-5-2/h41H,4-38H2,1-3H3. The molecule has 1 N–H and O–H groups in total. The van der Waals surface area contributed by atoms with Crippen LogP contribution in [0.3, 0.4) is 0 Å². The van der Waals surface area contributed by atoms with E-state index in [1.54, 1.807) is 4.90 Å². The number of nitrogens with one attached hydrogen (secondary N) is 1. The fourth-order valence-electron chi connectivity index (χ4n) is 6.37. The highest BCUT2D eigenvalue weighted by Crippen LogP contribution is 2.16. The van der Waals surface area contributed by atoms with E-state index in [1.807, 2.05) is 7.05 Å². The SMILES string of the molecule is CCCCCCCCCCCCCCCCCC(=O)N(CCCNC)C(=O)CCCCCCCCCCCCCCCCC. The minimum absolute atomic E-state index is 0.0572. The van der Waals surface area contributed by atoms with Gasteiger partial charge in [-0.25, -0.2) is 0 Å². The van der Waals surface area contributed by atoms with Gasteiger partial charge >= 0.3 is 0 Å². The summed E-state index contributed by atoms with van der Waals surface area (Å²) in [7, 11) is 1.93. The third-order valence-electron chi connectivity index (χ3n) is 9.40. The van der Waals surface area contributed by atoms with Crippen molar-refractivity contribution in [2.24, 2.45) is 0 Å². The van der Waals surface area contributed by atoms with Crippen molar-refractivity contribution < 1.29 is 9.59 Å². The van der Waals surface area contributed by atoms with Crippen LogP contribution in [0.1, 0.15) is 226 Å². The summed E-state index contributed by atoms with van der Waals surface area (Å²) in [5.74, 6) is 0.114. The first-order valence-electron chi connectivity index (χ1n) is 20.1. The van der Waals surface area contributed by atoms with Gasteiger partial charge in [-0.3, -0.25) is 14.5 Å². The molecular weight excluding hydrogens is 540 g/mol. The van der Waals surface area contributed by atoms with Crippen molar-refractivity contribution in [1.82, 2.24) is 10.2 Å². The van der Waals surface area contributed by atoms with Crippen molar-refractivity contribution >= 4 is 11.8 Å². The van der Waals surface area contributed by atoms with Crippen LogP contribution in [0, 0.1) is 0 Å². The Bertz CT molecular complexity index is 548. The van der Waals surface area contributed by atoms with Crippen molar-refractivity contribution in [2.75, 3.05) is 20.1 Å². The molecule has 0 rings (SSSR count). The number of carbonyl (C=O) groups is 2. The van der Waals surface area contributed by atoms with Gasteiger partial charge in [0.1, 0.15) is 0 Å². The van der Waals surface area contributed by atoms with E-state index in [1.165, 1.54) is 167 Å². The lowest BCUT2D eigenvalue weighted by Crippen LogP contribution is -2.38. The van der Waals surface area contributed by atoms with Gasteiger partial charge in [0.05, 0.1) is 0 Å². The molecule has 0 saturated heterocycles. The van der Waals surface area contributed by atoms with Crippen LogP contribution in [0.15, 0.2) is 0 Å². The number of carbonyl (C=O) groups excluding carboxylic acids is 2. The van der Waals surface area contributed by atoms with Gasteiger partial charge in [-0.15, -0.1) is 0 Å². The number of hydrogen-bond acceptors (Lipinski definition) is 3. The number of nitrogens with zero attached hydrogens (tertiary/aromatic N) is 1. The van der Waals surface area contributed by atoms with Crippen LogP contribution in [-0.4, -0.2) is 36.9 Å². The summed E-state index contributed by atoms with van der Waals surface area (Å²) < 4.78 is 0. The summed E-state index contributed by atoms with van der Waals surface area (Å²) >= 11 is 0. The molecule has 0 fully saturated rings. The average Bonchev–Trinajstić information content (AvgIpc) is 3.02. The van der Waals surface area contributed by atoms with E-state index < -0.39 is 0 Å². The maximum Gasteiger partial charge on any atom is 0.229 e. The summed E-state index contributed by atoms with van der Waals surface area (Å²) in [5, 5.41) is 3.15. The van der Waals surface area contributed by atoms with Crippen LogP contribution < -0.4 is 5.32 Å².